The van der Waals surface area contributed by atoms with E-state index in [1.807, 2.05) is 31.2 Å². The highest BCUT2D eigenvalue weighted by molar-refractivity contribution is 7.12. The van der Waals surface area contributed by atoms with Crippen molar-refractivity contribution >= 4 is 46.1 Å². The molecule has 2 heterocycles. The number of aryl methyl sites for hydroxylation is 1. The molecule has 0 atom stereocenters. The molecule has 0 aliphatic carbocycles. The number of thiazole rings is 1. The van der Waals surface area contributed by atoms with Gasteiger partial charge in [-0.25, -0.2) is 13.8 Å². The third-order valence-electron chi connectivity index (χ3n) is 5.69. The minimum atomic E-state index is -0.775. The Balaban J connectivity index is 1.42. The number of benzene rings is 3. The second-order valence-electron chi connectivity index (χ2n) is 8.00. The Labute approximate surface area is 209 Å². The third-order valence-corrected chi connectivity index (χ3v) is 7.04. The summed E-state index contributed by atoms with van der Waals surface area (Å²) in [7, 11) is 0. The van der Waals surface area contributed by atoms with Crippen LogP contribution in [-0.2, 0) is 6.42 Å². The van der Waals surface area contributed by atoms with Crippen LogP contribution in [0.15, 0.2) is 60.7 Å². The molecule has 2 amide bonds. The summed E-state index contributed by atoms with van der Waals surface area (Å²) < 4.78 is 28.3. The first-order chi connectivity index (χ1) is 16.8. The van der Waals surface area contributed by atoms with Gasteiger partial charge in [-0.3, -0.25) is 9.59 Å². The van der Waals surface area contributed by atoms with Crippen LogP contribution in [0.1, 0.15) is 30.6 Å². The van der Waals surface area contributed by atoms with Gasteiger partial charge in [0.2, 0.25) is 0 Å². The van der Waals surface area contributed by atoms with E-state index in [0.29, 0.717) is 18.7 Å². The summed E-state index contributed by atoms with van der Waals surface area (Å²) in [4.78, 5) is 33.2. The van der Waals surface area contributed by atoms with Gasteiger partial charge in [0.25, 0.3) is 11.8 Å². The number of para-hydroxylation sites is 1. The monoisotopic (exact) mass is 509 g/mol. The van der Waals surface area contributed by atoms with Crippen molar-refractivity contribution in [3.05, 3.63) is 98.3 Å². The smallest absolute Gasteiger partial charge is 0.261 e. The number of aromatic nitrogens is 1. The van der Waals surface area contributed by atoms with E-state index in [9.17, 15) is 14.0 Å². The molecule has 5 rings (SSSR count). The highest BCUT2D eigenvalue weighted by Gasteiger charge is 2.28. The van der Waals surface area contributed by atoms with E-state index in [1.54, 1.807) is 16.2 Å². The number of amides is 2. The van der Waals surface area contributed by atoms with Gasteiger partial charge in [-0.2, -0.15) is 0 Å². The van der Waals surface area contributed by atoms with Crippen LogP contribution in [0.3, 0.4) is 0 Å². The zero-order valence-corrected chi connectivity index (χ0v) is 20.0. The molecular weight excluding hydrogens is 492 g/mol. The van der Waals surface area contributed by atoms with Crippen molar-refractivity contribution in [2.24, 2.45) is 0 Å². The first-order valence-electron chi connectivity index (χ1n) is 10.8. The van der Waals surface area contributed by atoms with Gasteiger partial charge in [0.05, 0.1) is 32.5 Å². The molecule has 3 aromatic carbocycles. The molecule has 0 radical (unpaired) electrons. The first-order valence-corrected chi connectivity index (χ1v) is 11.9. The number of hydrogen-bond donors (Lipinski definition) is 1. The van der Waals surface area contributed by atoms with E-state index < -0.39 is 23.4 Å². The fourth-order valence-electron chi connectivity index (χ4n) is 4.09. The summed E-state index contributed by atoms with van der Waals surface area (Å²) in [5.41, 5.74) is 2.43. The molecule has 1 aromatic heterocycles. The number of rotatable bonds is 3. The van der Waals surface area contributed by atoms with Gasteiger partial charge in [0, 0.05) is 29.1 Å². The molecule has 0 spiro atoms. The van der Waals surface area contributed by atoms with Crippen LogP contribution in [0.25, 0.3) is 11.3 Å². The van der Waals surface area contributed by atoms with Gasteiger partial charge in [-0.15, -0.1) is 11.3 Å². The Kier molecular flexibility index (Phi) is 6.08. The Bertz CT molecular complexity index is 1490. The predicted octanol–water partition coefficient (Wildman–Crippen LogP) is 6.51. The number of carbonyl (C=O) groups excluding carboxylic acids is 2. The van der Waals surface area contributed by atoms with Crippen molar-refractivity contribution in [3.63, 3.8) is 0 Å². The molecule has 0 saturated heterocycles. The van der Waals surface area contributed by atoms with Gasteiger partial charge < -0.3 is 10.2 Å². The second-order valence-corrected chi connectivity index (χ2v) is 9.70. The summed E-state index contributed by atoms with van der Waals surface area (Å²) >= 11 is 7.53. The number of anilines is 2. The Morgan fingerprint density at radius 3 is 2.60 bits per heavy atom. The SMILES string of the molecule is Cc1nc2c(s1)CCN(C(=O)c1ccc(NC(=O)c3ccc(F)cc3Cl)cc1F)c1ccccc1-2. The van der Waals surface area contributed by atoms with Crippen molar-refractivity contribution < 1.29 is 18.4 Å². The van der Waals surface area contributed by atoms with Crippen LogP contribution in [0.4, 0.5) is 20.2 Å². The van der Waals surface area contributed by atoms with Crippen LogP contribution in [0, 0.1) is 18.6 Å². The van der Waals surface area contributed by atoms with Crippen LogP contribution in [0.2, 0.25) is 5.02 Å². The van der Waals surface area contributed by atoms with Crippen LogP contribution >= 0.6 is 22.9 Å². The topological polar surface area (TPSA) is 62.3 Å². The van der Waals surface area contributed by atoms with E-state index in [1.165, 1.54) is 18.2 Å². The zero-order valence-electron chi connectivity index (χ0n) is 18.4. The minimum Gasteiger partial charge on any atom is -0.322 e. The Morgan fingerprint density at radius 2 is 1.83 bits per heavy atom. The fraction of sp³-hybridized carbons (Fsp3) is 0.115. The highest BCUT2D eigenvalue weighted by Crippen LogP contribution is 2.39. The van der Waals surface area contributed by atoms with E-state index in [2.05, 4.69) is 10.3 Å². The number of nitrogens with zero attached hydrogens (tertiary/aromatic N) is 2. The Morgan fingerprint density at radius 1 is 1.06 bits per heavy atom. The lowest BCUT2D eigenvalue weighted by Gasteiger charge is -2.23. The molecule has 5 nitrogen and oxygen atoms in total. The quantitative estimate of drug-likeness (QED) is 0.342. The third kappa shape index (κ3) is 4.42. The molecule has 4 aromatic rings. The molecule has 9 heteroatoms. The van der Waals surface area contributed by atoms with E-state index in [4.69, 9.17) is 11.6 Å². The van der Waals surface area contributed by atoms with Crippen molar-refractivity contribution in [1.29, 1.82) is 0 Å². The van der Waals surface area contributed by atoms with E-state index >= 15 is 4.39 Å². The maximum Gasteiger partial charge on any atom is 0.261 e. The van der Waals surface area contributed by atoms with Crippen LogP contribution < -0.4 is 10.2 Å². The molecule has 1 aliphatic heterocycles. The molecular formula is C26H18ClF2N3O2S. The summed E-state index contributed by atoms with van der Waals surface area (Å²) in [6.45, 7) is 2.33. The number of nitrogens with one attached hydrogen (secondary N) is 1. The van der Waals surface area contributed by atoms with Gasteiger partial charge in [0.1, 0.15) is 11.6 Å². The van der Waals surface area contributed by atoms with Crippen molar-refractivity contribution in [3.8, 4) is 11.3 Å². The molecule has 0 fully saturated rings. The molecule has 1 N–H and O–H groups in total. The largest absolute Gasteiger partial charge is 0.322 e. The fourth-order valence-corrected chi connectivity index (χ4v) is 5.28. The van der Waals surface area contributed by atoms with E-state index in [0.717, 1.165) is 39.3 Å². The molecule has 1 aliphatic rings. The Hall–Kier alpha value is -3.62. The minimum absolute atomic E-state index is 0.0473. The van der Waals surface area contributed by atoms with Crippen molar-refractivity contribution in [2.45, 2.75) is 13.3 Å². The maximum absolute atomic E-state index is 15.1. The summed E-state index contributed by atoms with van der Waals surface area (Å²) in [5.74, 6) is -2.45. The molecule has 0 saturated carbocycles. The van der Waals surface area contributed by atoms with Crippen LogP contribution in [0.5, 0.6) is 0 Å². The zero-order chi connectivity index (χ0) is 24.7. The average molecular weight is 510 g/mol. The van der Waals surface area contributed by atoms with Gasteiger partial charge in [-0.05, 0) is 49.4 Å². The normalized spacial score (nSPS) is 12.5. The lowest BCUT2D eigenvalue weighted by molar-refractivity contribution is 0.0982. The molecule has 176 valence electrons. The molecule has 35 heavy (non-hydrogen) atoms. The number of halogens is 3. The maximum atomic E-state index is 15.1. The van der Waals surface area contributed by atoms with Gasteiger partial charge in [-0.1, -0.05) is 29.8 Å². The number of carbonyl (C=O) groups is 2. The second kappa shape index (κ2) is 9.20. The summed E-state index contributed by atoms with van der Waals surface area (Å²) in [6, 6.07) is 14.7. The van der Waals surface area contributed by atoms with Crippen molar-refractivity contribution in [1.82, 2.24) is 4.98 Å². The summed E-state index contributed by atoms with van der Waals surface area (Å²) in [6.07, 6.45) is 0.607. The van der Waals surface area contributed by atoms with E-state index in [-0.39, 0.29) is 21.8 Å². The predicted molar refractivity (Wildman–Crippen MR) is 133 cm³/mol. The van der Waals surface area contributed by atoms with Gasteiger partial charge >= 0.3 is 0 Å². The number of hydrogen-bond acceptors (Lipinski definition) is 4. The van der Waals surface area contributed by atoms with Crippen LogP contribution in [-0.4, -0.2) is 23.3 Å². The molecule has 0 bridgehead atoms. The lowest BCUT2D eigenvalue weighted by atomic mass is 10.1. The standard InChI is InChI=1S/C26H18ClF2N3O2S/c1-14-30-24-19-4-2-3-5-22(19)32(11-10-23(24)35-14)26(34)18-9-7-16(13-21(18)29)31-25(33)17-8-6-15(28)12-20(17)27/h2-9,12-13H,10-11H2,1H3,(H,31,33). The first kappa shape index (κ1) is 23.1. The lowest BCUT2D eigenvalue weighted by Crippen LogP contribution is -2.33. The number of fused-ring (bicyclic) bond motifs is 3. The van der Waals surface area contributed by atoms with Crippen molar-refractivity contribution in [2.75, 3.05) is 16.8 Å². The summed E-state index contributed by atoms with van der Waals surface area (Å²) in [5, 5.41) is 3.42. The average Bonchev–Trinajstić information content (AvgIpc) is 3.12. The molecule has 0 unspecified atom stereocenters. The van der Waals surface area contributed by atoms with Gasteiger partial charge in [0.15, 0.2) is 0 Å². The highest BCUT2D eigenvalue weighted by atomic mass is 35.5.